The van der Waals surface area contributed by atoms with Crippen molar-refractivity contribution in [3.8, 4) is 0 Å². The molecule has 2 heterocycles. The van der Waals surface area contributed by atoms with Crippen LogP contribution in [0.4, 0.5) is 5.69 Å². The van der Waals surface area contributed by atoms with Gasteiger partial charge in [0.1, 0.15) is 0 Å². The molecule has 6 heteroatoms. The highest BCUT2D eigenvalue weighted by molar-refractivity contribution is 5.95. The molecule has 3 rings (SSSR count). The van der Waals surface area contributed by atoms with Gasteiger partial charge in [-0.15, -0.1) is 0 Å². The van der Waals surface area contributed by atoms with Gasteiger partial charge in [-0.1, -0.05) is 12.1 Å². The van der Waals surface area contributed by atoms with Crippen LogP contribution in [-0.4, -0.2) is 48.9 Å². The van der Waals surface area contributed by atoms with Crippen LogP contribution in [0.25, 0.3) is 0 Å². The first-order valence-corrected chi connectivity index (χ1v) is 10.2. The molecule has 1 aliphatic rings. The largest absolute Gasteiger partial charge is 0.378 e. The Kier molecular flexibility index (Phi) is 7.22. The zero-order chi connectivity index (χ0) is 20.6. The second-order valence-corrected chi connectivity index (χ2v) is 7.86. The third-order valence-electron chi connectivity index (χ3n) is 5.50. The van der Waals surface area contributed by atoms with Crippen LogP contribution in [-0.2, 0) is 11.3 Å². The number of likely N-dealkylation sites (tertiary alicyclic amines) is 1. The van der Waals surface area contributed by atoms with E-state index in [1.54, 1.807) is 12.4 Å². The molecule has 1 fully saturated rings. The molecule has 1 N–H and O–H groups in total. The van der Waals surface area contributed by atoms with E-state index in [0.717, 1.165) is 49.2 Å². The number of anilines is 1. The smallest absolute Gasteiger partial charge is 0.253 e. The second kappa shape index (κ2) is 10.0. The van der Waals surface area contributed by atoms with E-state index in [9.17, 15) is 9.59 Å². The number of hydrogen-bond donors (Lipinski definition) is 1. The van der Waals surface area contributed by atoms with Gasteiger partial charge in [0.05, 0.1) is 0 Å². The van der Waals surface area contributed by atoms with Gasteiger partial charge in [-0.05, 0) is 55.0 Å². The van der Waals surface area contributed by atoms with Crippen molar-refractivity contribution in [1.29, 1.82) is 0 Å². The Morgan fingerprint density at radius 3 is 2.66 bits per heavy atom. The van der Waals surface area contributed by atoms with Crippen molar-refractivity contribution >= 4 is 17.5 Å². The van der Waals surface area contributed by atoms with Gasteiger partial charge < -0.3 is 15.1 Å². The average molecular weight is 395 g/mol. The summed E-state index contributed by atoms with van der Waals surface area (Å²) < 4.78 is 0. The number of pyridine rings is 1. The van der Waals surface area contributed by atoms with Crippen molar-refractivity contribution in [2.45, 2.75) is 32.2 Å². The molecule has 2 amide bonds. The molecule has 0 bridgehead atoms. The van der Waals surface area contributed by atoms with Gasteiger partial charge in [0, 0.05) is 63.8 Å². The fraction of sp³-hybridized carbons (Fsp3) is 0.435. The lowest BCUT2D eigenvalue weighted by atomic mass is 9.91. The summed E-state index contributed by atoms with van der Waals surface area (Å²) in [6.07, 6.45) is 6.80. The Morgan fingerprint density at radius 1 is 1.17 bits per heavy atom. The summed E-state index contributed by atoms with van der Waals surface area (Å²) in [5.41, 5.74) is 2.78. The molecular formula is C23H30N4O2. The van der Waals surface area contributed by atoms with Gasteiger partial charge in [0.2, 0.25) is 5.91 Å². The van der Waals surface area contributed by atoms with E-state index in [0.29, 0.717) is 18.9 Å². The van der Waals surface area contributed by atoms with Crippen LogP contribution in [0.1, 0.15) is 41.6 Å². The van der Waals surface area contributed by atoms with E-state index >= 15 is 0 Å². The predicted octanol–water partition coefficient (Wildman–Crippen LogP) is 3.10. The normalized spacial score (nSPS) is 14.5. The summed E-state index contributed by atoms with van der Waals surface area (Å²) in [7, 11) is 3.95. The molecule has 0 spiro atoms. The molecule has 1 aliphatic heterocycles. The highest BCUT2D eigenvalue weighted by Crippen LogP contribution is 2.24. The predicted molar refractivity (Wildman–Crippen MR) is 115 cm³/mol. The number of piperidine rings is 1. The molecule has 1 aromatic heterocycles. The third-order valence-corrected chi connectivity index (χ3v) is 5.50. The standard InChI is InChI=1S/C23H30N4O2/c1-26(2)21-7-3-6-20(15-21)23(29)27-13-10-18(11-14-27)8-9-22(28)25-17-19-5-4-12-24-16-19/h3-7,12,15-16,18H,8-11,13-14,17H2,1-2H3,(H,25,28). The third kappa shape index (κ3) is 6.04. The molecule has 0 aliphatic carbocycles. The Bertz CT molecular complexity index is 815. The minimum absolute atomic E-state index is 0.0767. The quantitative estimate of drug-likeness (QED) is 0.784. The lowest BCUT2D eigenvalue weighted by Gasteiger charge is -2.32. The Balaban J connectivity index is 1.40. The molecule has 1 aromatic carbocycles. The van der Waals surface area contributed by atoms with Gasteiger partial charge in [-0.3, -0.25) is 14.6 Å². The first-order chi connectivity index (χ1) is 14.0. The zero-order valence-corrected chi connectivity index (χ0v) is 17.3. The molecule has 29 heavy (non-hydrogen) atoms. The van der Waals surface area contributed by atoms with Crippen molar-refractivity contribution in [3.63, 3.8) is 0 Å². The lowest BCUT2D eigenvalue weighted by molar-refractivity contribution is -0.121. The number of nitrogens with zero attached hydrogens (tertiary/aromatic N) is 3. The maximum atomic E-state index is 12.8. The summed E-state index contributed by atoms with van der Waals surface area (Å²) in [5.74, 6) is 0.672. The summed E-state index contributed by atoms with van der Waals surface area (Å²) in [6.45, 7) is 2.03. The van der Waals surface area contributed by atoms with E-state index in [-0.39, 0.29) is 11.8 Å². The van der Waals surface area contributed by atoms with Crippen molar-refractivity contribution in [3.05, 3.63) is 59.9 Å². The second-order valence-electron chi connectivity index (χ2n) is 7.86. The average Bonchev–Trinajstić information content (AvgIpc) is 2.77. The number of rotatable bonds is 7. The Labute approximate surface area is 172 Å². The van der Waals surface area contributed by atoms with E-state index < -0.39 is 0 Å². The van der Waals surface area contributed by atoms with Crippen molar-refractivity contribution in [2.24, 2.45) is 5.92 Å². The van der Waals surface area contributed by atoms with Crippen LogP contribution in [0, 0.1) is 5.92 Å². The lowest BCUT2D eigenvalue weighted by Crippen LogP contribution is -2.38. The van der Waals surface area contributed by atoms with E-state index in [1.165, 1.54) is 0 Å². The van der Waals surface area contributed by atoms with Crippen LogP contribution in [0.2, 0.25) is 0 Å². The molecule has 0 atom stereocenters. The molecular weight excluding hydrogens is 364 g/mol. The molecule has 0 radical (unpaired) electrons. The van der Waals surface area contributed by atoms with E-state index in [1.807, 2.05) is 60.3 Å². The van der Waals surface area contributed by atoms with Gasteiger partial charge in [0.15, 0.2) is 0 Å². The number of carbonyl (C=O) groups is 2. The zero-order valence-electron chi connectivity index (χ0n) is 17.3. The minimum atomic E-state index is 0.0767. The number of carbonyl (C=O) groups excluding carboxylic acids is 2. The molecule has 1 saturated heterocycles. The van der Waals surface area contributed by atoms with Crippen LogP contribution in [0.3, 0.4) is 0 Å². The van der Waals surface area contributed by atoms with Gasteiger partial charge in [-0.25, -0.2) is 0 Å². The molecule has 154 valence electrons. The summed E-state index contributed by atoms with van der Waals surface area (Å²) in [4.78, 5) is 32.9. The number of benzene rings is 1. The monoisotopic (exact) mass is 394 g/mol. The minimum Gasteiger partial charge on any atom is -0.378 e. The maximum Gasteiger partial charge on any atom is 0.253 e. The Morgan fingerprint density at radius 2 is 1.97 bits per heavy atom. The van der Waals surface area contributed by atoms with E-state index in [2.05, 4.69) is 10.3 Å². The first-order valence-electron chi connectivity index (χ1n) is 10.2. The van der Waals surface area contributed by atoms with Crippen LogP contribution >= 0.6 is 0 Å². The van der Waals surface area contributed by atoms with Gasteiger partial charge in [-0.2, -0.15) is 0 Å². The van der Waals surface area contributed by atoms with Crippen LogP contribution in [0.5, 0.6) is 0 Å². The fourth-order valence-electron chi connectivity index (χ4n) is 3.65. The van der Waals surface area contributed by atoms with Crippen molar-refractivity contribution in [1.82, 2.24) is 15.2 Å². The number of amides is 2. The summed E-state index contributed by atoms with van der Waals surface area (Å²) >= 11 is 0. The number of hydrogen-bond acceptors (Lipinski definition) is 4. The molecule has 0 unspecified atom stereocenters. The van der Waals surface area contributed by atoms with Gasteiger partial charge in [0.25, 0.3) is 5.91 Å². The molecule has 6 nitrogen and oxygen atoms in total. The number of nitrogens with one attached hydrogen (secondary N) is 1. The molecule has 2 aromatic rings. The fourth-order valence-corrected chi connectivity index (χ4v) is 3.65. The summed E-state index contributed by atoms with van der Waals surface area (Å²) in [6, 6.07) is 11.6. The van der Waals surface area contributed by atoms with Crippen LogP contribution < -0.4 is 10.2 Å². The maximum absolute atomic E-state index is 12.8. The summed E-state index contributed by atoms with van der Waals surface area (Å²) in [5, 5.41) is 2.95. The number of aromatic nitrogens is 1. The Hall–Kier alpha value is -2.89. The van der Waals surface area contributed by atoms with E-state index in [4.69, 9.17) is 0 Å². The topological polar surface area (TPSA) is 65.5 Å². The van der Waals surface area contributed by atoms with Crippen LogP contribution in [0.15, 0.2) is 48.8 Å². The van der Waals surface area contributed by atoms with Crippen molar-refractivity contribution in [2.75, 3.05) is 32.1 Å². The van der Waals surface area contributed by atoms with Gasteiger partial charge >= 0.3 is 0 Å². The highest BCUT2D eigenvalue weighted by atomic mass is 16.2. The SMILES string of the molecule is CN(C)c1cccc(C(=O)N2CCC(CCC(=O)NCc3cccnc3)CC2)c1. The molecule has 0 saturated carbocycles. The first kappa shape index (κ1) is 20.8. The van der Waals surface area contributed by atoms with Crippen molar-refractivity contribution < 1.29 is 9.59 Å². The highest BCUT2D eigenvalue weighted by Gasteiger charge is 2.24.